The van der Waals surface area contributed by atoms with Gasteiger partial charge < -0.3 is 9.57 Å². The average molecular weight is 307 g/mol. The molecule has 2 aromatic heterocycles. The fourth-order valence-electron chi connectivity index (χ4n) is 1.62. The highest BCUT2D eigenvalue weighted by Gasteiger charge is 2.08. The Balaban J connectivity index is 1.79. The van der Waals surface area contributed by atoms with Gasteiger partial charge in [0.1, 0.15) is 17.7 Å². The molecular formula is C12H11ClN6O2. The Morgan fingerprint density at radius 2 is 2.29 bits per heavy atom. The van der Waals surface area contributed by atoms with Crippen LogP contribution in [0.4, 0.5) is 0 Å². The van der Waals surface area contributed by atoms with Gasteiger partial charge >= 0.3 is 0 Å². The van der Waals surface area contributed by atoms with Crippen LogP contribution < -0.4 is 10.2 Å². The normalized spacial score (nSPS) is 13.5. The molecule has 1 aliphatic heterocycles. The van der Waals surface area contributed by atoms with Gasteiger partial charge in [-0.1, -0.05) is 11.6 Å². The van der Waals surface area contributed by atoms with Gasteiger partial charge in [0.25, 0.3) is 0 Å². The van der Waals surface area contributed by atoms with E-state index in [4.69, 9.17) is 21.2 Å². The zero-order valence-electron chi connectivity index (χ0n) is 11.0. The second-order valence-corrected chi connectivity index (χ2v) is 4.32. The molecule has 0 aliphatic carbocycles. The summed E-state index contributed by atoms with van der Waals surface area (Å²) < 4.78 is 6.61. The number of nitrogens with one attached hydrogen (secondary N) is 1. The van der Waals surface area contributed by atoms with Crippen LogP contribution in [-0.4, -0.2) is 32.0 Å². The van der Waals surface area contributed by atoms with Gasteiger partial charge in [0.15, 0.2) is 5.82 Å². The van der Waals surface area contributed by atoms with Crippen molar-refractivity contribution in [2.75, 3.05) is 7.11 Å². The number of aromatic nitrogens is 4. The molecule has 0 unspecified atom stereocenters. The van der Waals surface area contributed by atoms with Crippen molar-refractivity contribution in [1.82, 2.24) is 30.3 Å². The van der Waals surface area contributed by atoms with Crippen molar-refractivity contribution in [1.29, 1.82) is 0 Å². The molecule has 0 aromatic carbocycles. The molecule has 0 radical (unpaired) electrons. The van der Waals surface area contributed by atoms with Gasteiger partial charge in [-0.25, -0.2) is 14.6 Å². The molecule has 0 fully saturated rings. The standard InChI is InChI=1S/C12H11ClN6O2/c1-20-11-7-9(6-10(13)16-11)12-14-8-18(17-12)3-4-19-15-2-5-21-19/h2-8,15H,1H3. The molecule has 9 heteroatoms. The molecule has 3 rings (SSSR count). The van der Waals surface area contributed by atoms with Gasteiger partial charge in [0.05, 0.1) is 25.7 Å². The van der Waals surface area contributed by atoms with E-state index < -0.39 is 0 Å². The van der Waals surface area contributed by atoms with Crippen LogP contribution in [0.2, 0.25) is 5.15 Å². The molecule has 1 aliphatic rings. The first-order valence-electron chi connectivity index (χ1n) is 5.93. The Hall–Kier alpha value is -2.74. The Labute approximate surface area is 125 Å². The summed E-state index contributed by atoms with van der Waals surface area (Å²) in [4.78, 5) is 13.3. The summed E-state index contributed by atoms with van der Waals surface area (Å²) in [6.45, 7) is 0. The maximum absolute atomic E-state index is 5.93. The molecule has 0 bridgehead atoms. The number of hydrogen-bond donors (Lipinski definition) is 1. The smallest absolute Gasteiger partial charge is 0.215 e. The van der Waals surface area contributed by atoms with Crippen molar-refractivity contribution < 1.29 is 9.57 Å². The Morgan fingerprint density at radius 3 is 3.05 bits per heavy atom. The molecule has 0 amide bonds. The minimum absolute atomic E-state index is 0.317. The maximum Gasteiger partial charge on any atom is 0.215 e. The SMILES string of the molecule is COc1cc(-c2ncn(C=CN3NC=CO3)n2)cc(Cl)n1. The van der Waals surface area contributed by atoms with Gasteiger partial charge in [-0.2, -0.15) is 0 Å². The molecule has 3 heterocycles. The molecule has 1 N–H and O–H groups in total. The lowest BCUT2D eigenvalue weighted by Crippen LogP contribution is -2.21. The fraction of sp³-hybridized carbons (Fsp3) is 0.0833. The second-order valence-electron chi connectivity index (χ2n) is 3.93. The zero-order chi connectivity index (χ0) is 14.7. The number of halogens is 1. The number of methoxy groups -OCH3 is 1. The zero-order valence-corrected chi connectivity index (χ0v) is 11.7. The van der Waals surface area contributed by atoms with E-state index in [-0.39, 0.29) is 0 Å². The third-order valence-corrected chi connectivity index (χ3v) is 2.74. The summed E-state index contributed by atoms with van der Waals surface area (Å²) in [6.07, 6.45) is 8.07. The fourth-order valence-corrected chi connectivity index (χ4v) is 1.82. The lowest BCUT2D eigenvalue weighted by molar-refractivity contribution is -0.0635. The number of ether oxygens (including phenoxy) is 1. The number of hydroxylamine groups is 1. The van der Waals surface area contributed by atoms with E-state index >= 15 is 0 Å². The number of nitrogens with zero attached hydrogens (tertiary/aromatic N) is 5. The van der Waals surface area contributed by atoms with Crippen molar-refractivity contribution >= 4 is 17.8 Å². The predicted molar refractivity (Wildman–Crippen MR) is 75.3 cm³/mol. The van der Waals surface area contributed by atoms with E-state index in [9.17, 15) is 0 Å². The molecular weight excluding hydrogens is 296 g/mol. The summed E-state index contributed by atoms with van der Waals surface area (Å²) in [5, 5.41) is 6.03. The average Bonchev–Trinajstić information content (AvgIpc) is 3.15. The van der Waals surface area contributed by atoms with Crippen molar-refractivity contribution in [2.24, 2.45) is 0 Å². The summed E-state index contributed by atoms with van der Waals surface area (Å²) in [5.74, 6) is 0.917. The summed E-state index contributed by atoms with van der Waals surface area (Å²) in [5.41, 5.74) is 3.55. The van der Waals surface area contributed by atoms with E-state index in [0.29, 0.717) is 16.9 Å². The molecule has 21 heavy (non-hydrogen) atoms. The van der Waals surface area contributed by atoms with Crippen LogP contribution in [0.5, 0.6) is 5.88 Å². The Bertz CT molecular complexity index is 691. The molecule has 0 spiro atoms. The first-order valence-corrected chi connectivity index (χ1v) is 6.31. The Kier molecular flexibility index (Phi) is 3.61. The van der Waals surface area contributed by atoms with Gasteiger partial charge in [-0.05, 0) is 6.07 Å². The summed E-state index contributed by atoms with van der Waals surface area (Å²) >= 11 is 5.93. The monoisotopic (exact) mass is 306 g/mol. The number of hydrazine groups is 1. The first-order chi connectivity index (χ1) is 10.2. The van der Waals surface area contributed by atoms with Crippen LogP contribution in [0.1, 0.15) is 0 Å². The molecule has 2 aromatic rings. The van der Waals surface area contributed by atoms with Crippen LogP contribution in [0.3, 0.4) is 0 Å². The number of hydrogen-bond acceptors (Lipinski definition) is 7. The van der Waals surface area contributed by atoms with Gasteiger partial charge in [-0.15, -0.1) is 10.3 Å². The molecule has 0 saturated carbocycles. The van der Waals surface area contributed by atoms with Gasteiger partial charge in [0.2, 0.25) is 5.88 Å². The van der Waals surface area contributed by atoms with Crippen molar-refractivity contribution in [3.63, 3.8) is 0 Å². The van der Waals surface area contributed by atoms with Crippen molar-refractivity contribution in [3.05, 3.63) is 42.3 Å². The minimum atomic E-state index is 0.317. The van der Waals surface area contributed by atoms with Crippen LogP contribution in [0.15, 0.2) is 37.1 Å². The molecule has 0 atom stereocenters. The van der Waals surface area contributed by atoms with E-state index in [1.165, 1.54) is 18.5 Å². The summed E-state index contributed by atoms with van der Waals surface area (Å²) in [7, 11) is 1.52. The highest BCUT2D eigenvalue weighted by atomic mass is 35.5. The van der Waals surface area contributed by atoms with Gasteiger partial charge in [0, 0.05) is 11.6 Å². The quantitative estimate of drug-likeness (QED) is 0.861. The van der Waals surface area contributed by atoms with E-state index in [2.05, 4.69) is 20.5 Å². The van der Waals surface area contributed by atoms with Crippen LogP contribution in [-0.2, 0) is 4.84 Å². The molecule has 8 nitrogen and oxygen atoms in total. The van der Waals surface area contributed by atoms with Crippen LogP contribution in [0, 0.1) is 0 Å². The third kappa shape index (κ3) is 3.06. The lowest BCUT2D eigenvalue weighted by atomic mass is 10.2. The Morgan fingerprint density at radius 1 is 1.38 bits per heavy atom. The predicted octanol–water partition coefficient (Wildman–Crippen LogP) is 1.65. The van der Waals surface area contributed by atoms with E-state index in [1.54, 1.807) is 41.7 Å². The largest absolute Gasteiger partial charge is 0.481 e. The molecule has 108 valence electrons. The van der Waals surface area contributed by atoms with Crippen LogP contribution in [0.25, 0.3) is 17.6 Å². The lowest BCUT2D eigenvalue weighted by Gasteiger charge is -2.09. The second kappa shape index (κ2) is 5.71. The highest BCUT2D eigenvalue weighted by molar-refractivity contribution is 6.29. The minimum Gasteiger partial charge on any atom is -0.481 e. The topological polar surface area (TPSA) is 77.3 Å². The number of rotatable bonds is 4. The van der Waals surface area contributed by atoms with Gasteiger partial charge in [-0.3, -0.25) is 5.43 Å². The third-order valence-electron chi connectivity index (χ3n) is 2.55. The molecule has 0 saturated heterocycles. The number of pyridine rings is 1. The highest BCUT2D eigenvalue weighted by Crippen LogP contribution is 2.22. The van der Waals surface area contributed by atoms with E-state index in [0.717, 1.165) is 5.56 Å². The van der Waals surface area contributed by atoms with Crippen molar-refractivity contribution in [3.8, 4) is 17.3 Å². The van der Waals surface area contributed by atoms with E-state index in [1.807, 2.05) is 0 Å². The summed E-state index contributed by atoms with van der Waals surface area (Å²) in [6, 6.07) is 3.38. The van der Waals surface area contributed by atoms with Crippen LogP contribution >= 0.6 is 11.6 Å². The first kappa shape index (κ1) is 13.3. The van der Waals surface area contributed by atoms with Crippen molar-refractivity contribution in [2.45, 2.75) is 0 Å². The maximum atomic E-state index is 5.93.